The topological polar surface area (TPSA) is 24.9 Å². The Morgan fingerprint density at radius 1 is 1.11 bits per heavy atom. The molecule has 1 N–H and O–H groups in total. The number of hydrogen-bond acceptors (Lipinski definition) is 2. The molecule has 1 aromatic carbocycles. The highest BCUT2D eigenvalue weighted by Crippen LogP contribution is 2.20. The molecular formula is C17H24N2. The molecular weight excluding hydrogens is 232 g/mol. The molecule has 102 valence electrons. The molecule has 0 aliphatic rings. The van der Waals surface area contributed by atoms with Crippen LogP contribution in [-0.2, 0) is 6.42 Å². The van der Waals surface area contributed by atoms with Gasteiger partial charge in [0.05, 0.1) is 5.52 Å². The summed E-state index contributed by atoms with van der Waals surface area (Å²) in [4.78, 5) is 4.42. The number of hydrogen-bond donors (Lipinski definition) is 1. The van der Waals surface area contributed by atoms with E-state index in [0.29, 0.717) is 12.0 Å². The molecule has 0 bridgehead atoms. The molecule has 0 fully saturated rings. The molecule has 2 rings (SSSR count). The summed E-state index contributed by atoms with van der Waals surface area (Å²) in [6.45, 7) is 7.82. The number of fused-ring (bicyclic) bond motifs is 1. The van der Waals surface area contributed by atoms with Crippen molar-refractivity contribution in [1.82, 2.24) is 10.3 Å². The first-order valence-electron chi connectivity index (χ1n) is 7.23. The second kappa shape index (κ2) is 6.67. The third-order valence-electron chi connectivity index (χ3n) is 3.50. The van der Waals surface area contributed by atoms with Gasteiger partial charge in [0.25, 0.3) is 0 Å². The summed E-state index contributed by atoms with van der Waals surface area (Å²) in [5.41, 5.74) is 2.52. The second-order valence-corrected chi connectivity index (χ2v) is 5.69. The van der Waals surface area contributed by atoms with E-state index >= 15 is 0 Å². The maximum atomic E-state index is 4.42. The molecule has 1 aromatic heterocycles. The molecule has 0 amide bonds. The molecule has 2 heteroatoms. The van der Waals surface area contributed by atoms with Gasteiger partial charge in [-0.15, -0.1) is 0 Å². The molecule has 19 heavy (non-hydrogen) atoms. The first kappa shape index (κ1) is 14.0. The lowest BCUT2D eigenvalue weighted by Gasteiger charge is -2.14. The highest BCUT2D eigenvalue weighted by molar-refractivity contribution is 5.81. The first-order chi connectivity index (χ1) is 9.16. The van der Waals surface area contributed by atoms with Gasteiger partial charge in [-0.1, -0.05) is 39.0 Å². The van der Waals surface area contributed by atoms with E-state index in [9.17, 15) is 0 Å². The average Bonchev–Trinajstić information content (AvgIpc) is 2.39. The number of pyridine rings is 1. The molecule has 2 aromatic rings. The third kappa shape index (κ3) is 4.03. The van der Waals surface area contributed by atoms with Gasteiger partial charge in [-0.2, -0.15) is 0 Å². The van der Waals surface area contributed by atoms with Crippen molar-refractivity contribution in [1.29, 1.82) is 0 Å². The Bertz CT molecular complexity index is 514. The number of aromatic nitrogens is 1. The number of benzene rings is 1. The minimum atomic E-state index is 0.578. The number of nitrogens with zero attached hydrogens (tertiary/aromatic N) is 1. The molecule has 0 spiro atoms. The largest absolute Gasteiger partial charge is 0.315 e. The van der Waals surface area contributed by atoms with Gasteiger partial charge in [-0.05, 0) is 43.0 Å². The van der Waals surface area contributed by atoms with Crippen molar-refractivity contribution >= 4 is 10.9 Å². The molecule has 0 radical (unpaired) electrons. The van der Waals surface area contributed by atoms with Gasteiger partial charge < -0.3 is 5.32 Å². The van der Waals surface area contributed by atoms with E-state index in [1.54, 1.807) is 0 Å². The second-order valence-electron chi connectivity index (χ2n) is 5.69. The van der Waals surface area contributed by atoms with Crippen LogP contribution in [0.3, 0.4) is 0 Å². The predicted molar refractivity (Wildman–Crippen MR) is 82.4 cm³/mol. The van der Waals surface area contributed by atoms with Crippen molar-refractivity contribution in [3.63, 3.8) is 0 Å². The molecule has 1 atom stereocenters. The Morgan fingerprint density at radius 3 is 2.68 bits per heavy atom. The van der Waals surface area contributed by atoms with Crippen molar-refractivity contribution in [3.05, 3.63) is 42.1 Å². The molecule has 0 aliphatic carbocycles. The van der Waals surface area contributed by atoms with Gasteiger partial charge in [0, 0.05) is 17.6 Å². The Labute approximate surface area is 116 Å². The molecule has 0 aliphatic heterocycles. The van der Waals surface area contributed by atoms with Crippen LogP contribution in [-0.4, -0.2) is 17.6 Å². The van der Waals surface area contributed by atoms with Crippen LogP contribution < -0.4 is 5.32 Å². The Kier molecular flexibility index (Phi) is 4.92. The average molecular weight is 256 g/mol. The summed E-state index contributed by atoms with van der Waals surface area (Å²) < 4.78 is 0. The highest BCUT2D eigenvalue weighted by atomic mass is 14.9. The standard InChI is InChI=1S/C17H24N2/c1-13(2)18-10-8-14(3)12-15-9-11-19-17-7-5-4-6-16(15)17/h4-7,9,11,13-14,18H,8,10,12H2,1-3H3. The van der Waals surface area contributed by atoms with Crippen molar-refractivity contribution in [2.45, 2.75) is 39.7 Å². The van der Waals surface area contributed by atoms with Crippen LogP contribution in [0.2, 0.25) is 0 Å². The smallest absolute Gasteiger partial charge is 0.0704 e. The van der Waals surface area contributed by atoms with Crippen LogP contribution in [0.4, 0.5) is 0 Å². The van der Waals surface area contributed by atoms with Crippen LogP contribution in [0, 0.1) is 5.92 Å². The maximum absolute atomic E-state index is 4.42. The highest BCUT2D eigenvalue weighted by Gasteiger charge is 2.07. The minimum Gasteiger partial charge on any atom is -0.315 e. The summed E-state index contributed by atoms with van der Waals surface area (Å²) in [6.07, 6.45) is 4.27. The Hall–Kier alpha value is -1.41. The molecule has 1 heterocycles. The first-order valence-corrected chi connectivity index (χ1v) is 7.23. The molecule has 2 nitrogen and oxygen atoms in total. The van der Waals surface area contributed by atoms with Crippen LogP contribution in [0.15, 0.2) is 36.5 Å². The fourth-order valence-electron chi connectivity index (χ4n) is 2.43. The quantitative estimate of drug-likeness (QED) is 0.850. The van der Waals surface area contributed by atoms with Crippen molar-refractivity contribution in [2.24, 2.45) is 5.92 Å². The third-order valence-corrected chi connectivity index (χ3v) is 3.50. The van der Waals surface area contributed by atoms with Gasteiger partial charge in [0.1, 0.15) is 0 Å². The number of nitrogens with one attached hydrogen (secondary N) is 1. The predicted octanol–water partition coefficient (Wildman–Crippen LogP) is 3.80. The van der Waals surface area contributed by atoms with E-state index in [1.165, 1.54) is 17.4 Å². The normalized spacial score (nSPS) is 13.1. The van der Waals surface area contributed by atoms with Crippen LogP contribution in [0.5, 0.6) is 0 Å². The lowest BCUT2D eigenvalue weighted by atomic mass is 9.96. The van der Waals surface area contributed by atoms with E-state index in [0.717, 1.165) is 18.5 Å². The van der Waals surface area contributed by atoms with E-state index in [2.05, 4.69) is 61.4 Å². The van der Waals surface area contributed by atoms with E-state index in [1.807, 2.05) is 6.20 Å². The SMILES string of the molecule is CC(CCNC(C)C)Cc1ccnc2ccccc12. The summed E-state index contributed by atoms with van der Waals surface area (Å²) >= 11 is 0. The van der Waals surface area contributed by atoms with Crippen molar-refractivity contribution in [3.8, 4) is 0 Å². The zero-order valence-electron chi connectivity index (χ0n) is 12.2. The fraction of sp³-hybridized carbons (Fsp3) is 0.471. The molecule has 0 saturated carbocycles. The monoisotopic (exact) mass is 256 g/mol. The summed E-state index contributed by atoms with van der Waals surface area (Å²) in [7, 11) is 0. The van der Waals surface area contributed by atoms with Crippen LogP contribution >= 0.6 is 0 Å². The van der Waals surface area contributed by atoms with Crippen molar-refractivity contribution in [2.75, 3.05) is 6.54 Å². The number of rotatable bonds is 6. The summed E-state index contributed by atoms with van der Waals surface area (Å²) in [5.74, 6) is 0.692. The van der Waals surface area contributed by atoms with Crippen molar-refractivity contribution < 1.29 is 0 Å². The maximum Gasteiger partial charge on any atom is 0.0704 e. The fourth-order valence-corrected chi connectivity index (χ4v) is 2.43. The van der Waals surface area contributed by atoms with Gasteiger partial charge in [0.2, 0.25) is 0 Å². The number of para-hydroxylation sites is 1. The zero-order chi connectivity index (χ0) is 13.7. The summed E-state index contributed by atoms with van der Waals surface area (Å²) in [5, 5.41) is 4.79. The Morgan fingerprint density at radius 2 is 1.89 bits per heavy atom. The minimum absolute atomic E-state index is 0.578. The molecule has 1 unspecified atom stereocenters. The van der Waals surface area contributed by atoms with Gasteiger partial charge in [-0.3, -0.25) is 4.98 Å². The molecule has 0 saturated heterocycles. The lowest BCUT2D eigenvalue weighted by molar-refractivity contribution is 0.477. The van der Waals surface area contributed by atoms with Gasteiger partial charge in [-0.25, -0.2) is 0 Å². The van der Waals surface area contributed by atoms with E-state index < -0.39 is 0 Å². The van der Waals surface area contributed by atoms with Crippen LogP contribution in [0.25, 0.3) is 10.9 Å². The Balaban J connectivity index is 2.00. The van der Waals surface area contributed by atoms with E-state index in [4.69, 9.17) is 0 Å². The lowest BCUT2D eigenvalue weighted by Crippen LogP contribution is -2.25. The van der Waals surface area contributed by atoms with Crippen LogP contribution in [0.1, 0.15) is 32.8 Å². The zero-order valence-corrected chi connectivity index (χ0v) is 12.2. The van der Waals surface area contributed by atoms with E-state index in [-0.39, 0.29) is 0 Å². The summed E-state index contributed by atoms with van der Waals surface area (Å²) in [6, 6.07) is 11.2. The van der Waals surface area contributed by atoms with Gasteiger partial charge >= 0.3 is 0 Å². The van der Waals surface area contributed by atoms with Gasteiger partial charge in [0.15, 0.2) is 0 Å².